The van der Waals surface area contributed by atoms with Crippen molar-refractivity contribution >= 4 is 11.8 Å². The zero-order valence-corrected chi connectivity index (χ0v) is 11.4. The summed E-state index contributed by atoms with van der Waals surface area (Å²) in [6.07, 6.45) is 4.97. The van der Waals surface area contributed by atoms with E-state index in [0.717, 1.165) is 24.2 Å². The lowest BCUT2D eigenvalue weighted by atomic mass is 10.3. The molecule has 0 aromatic carbocycles. The van der Waals surface area contributed by atoms with Crippen molar-refractivity contribution in [2.75, 3.05) is 12.8 Å². The molecule has 92 valence electrons. The average Bonchev–Trinajstić information content (AvgIpc) is 2.72. The molecular formula is C11H22N4S. The number of thioether (sulfide) groups is 1. The van der Waals surface area contributed by atoms with Crippen LogP contribution in [0.1, 0.15) is 39.1 Å². The second-order valence-corrected chi connectivity index (χ2v) is 5.50. The summed E-state index contributed by atoms with van der Waals surface area (Å²) in [4.78, 5) is 4.26. The second-order valence-electron chi connectivity index (χ2n) is 4.23. The molecule has 0 aliphatic rings. The summed E-state index contributed by atoms with van der Waals surface area (Å²) in [7, 11) is 0. The van der Waals surface area contributed by atoms with E-state index in [1.165, 1.54) is 6.42 Å². The lowest BCUT2D eigenvalue weighted by Crippen LogP contribution is -2.21. The maximum atomic E-state index is 4.26. The van der Waals surface area contributed by atoms with Crippen LogP contribution in [0.2, 0.25) is 0 Å². The van der Waals surface area contributed by atoms with Crippen LogP contribution in [0.25, 0.3) is 0 Å². The molecule has 5 heteroatoms. The molecule has 0 bridgehead atoms. The summed E-state index contributed by atoms with van der Waals surface area (Å²) in [6.45, 7) is 8.33. The van der Waals surface area contributed by atoms with Crippen LogP contribution in [0.5, 0.6) is 0 Å². The predicted octanol–water partition coefficient (Wildman–Crippen LogP) is 2.09. The average molecular weight is 242 g/mol. The SMILES string of the molecule is CSC(C)CCNCc1ncnn1C(C)C. The first kappa shape index (κ1) is 13.5. The number of hydrogen-bond donors (Lipinski definition) is 1. The van der Waals surface area contributed by atoms with E-state index in [0.29, 0.717) is 6.04 Å². The molecule has 0 spiro atoms. The summed E-state index contributed by atoms with van der Waals surface area (Å²) in [6, 6.07) is 0.379. The summed E-state index contributed by atoms with van der Waals surface area (Å²) < 4.78 is 1.96. The third-order valence-corrected chi connectivity index (χ3v) is 3.59. The number of nitrogens with zero attached hydrogens (tertiary/aromatic N) is 3. The van der Waals surface area contributed by atoms with Gasteiger partial charge in [-0.25, -0.2) is 9.67 Å². The number of rotatable bonds is 7. The van der Waals surface area contributed by atoms with Gasteiger partial charge in [0.05, 0.1) is 6.54 Å². The van der Waals surface area contributed by atoms with E-state index in [2.05, 4.69) is 42.4 Å². The Bertz CT molecular complexity index is 298. The molecule has 1 atom stereocenters. The fraction of sp³-hybridized carbons (Fsp3) is 0.818. The Morgan fingerprint density at radius 2 is 2.19 bits per heavy atom. The molecule has 1 unspecified atom stereocenters. The summed E-state index contributed by atoms with van der Waals surface area (Å²) >= 11 is 1.91. The van der Waals surface area contributed by atoms with Gasteiger partial charge in [0.15, 0.2) is 0 Å². The van der Waals surface area contributed by atoms with Gasteiger partial charge in [-0.3, -0.25) is 0 Å². The zero-order valence-electron chi connectivity index (χ0n) is 10.6. The standard InChI is InChI=1S/C11H22N4S/c1-9(2)15-11(13-8-14-15)7-12-6-5-10(3)16-4/h8-10,12H,5-7H2,1-4H3. The monoisotopic (exact) mass is 242 g/mol. The molecule has 1 aromatic rings. The van der Waals surface area contributed by atoms with E-state index in [1.807, 2.05) is 16.4 Å². The van der Waals surface area contributed by atoms with Gasteiger partial charge in [-0.15, -0.1) is 0 Å². The molecular weight excluding hydrogens is 220 g/mol. The molecule has 16 heavy (non-hydrogen) atoms. The van der Waals surface area contributed by atoms with Gasteiger partial charge in [0, 0.05) is 11.3 Å². The second kappa shape index (κ2) is 6.91. The van der Waals surface area contributed by atoms with Crippen LogP contribution in [-0.4, -0.2) is 32.8 Å². The van der Waals surface area contributed by atoms with Crippen molar-refractivity contribution in [2.24, 2.45) is 0 Å². The van der Waals surface area contributed by atoms with Crippen LogP contribution in [0, 0.1) is 0 Å². The van der Waals surface area contributed by atoms with E-state index in [4.69, 9.17) is 0 Å². The highest BCUT2D eigenvalue weighted by Crippen LogP contribution is 2.08. The van der Waals surface area contributed by atoms with Crippen molar-refractivity contribution in [2.45, 2.75) is 45.0 Å². The Balaban J connectivity index is 2.29. The van der Waals surface area contributed by atoms with Crippen LogP contribution in [0.4, 0.5) is 0 Å². The third-order valence-electron chi connectivity index (χ3n) is 2.55. The van der Waals surface area contributed by atoms with E-state index in [9.17, 15) is 0 Å². The highest BCUT2D eigenvalue weighted by Gasteiger charge is 2.06. The third kappa shape index (κ3) is 4.14. The lowest BCUT2D eigenvalue weighted by Gasteiger charge is -2.11. The van der Waals surface area contributed by atoms with Gasteiger partial charge >= 0.3 is 0 Å². The van der Waals surface area contributed by atoms with E-state index in [1.54, 1.807) is 6.33 Å². The van der Waals surface area contributed by atoms with Crippen LogP contribution < -0.4 is 5.32 Å². The Kier molecular flexibility index (Phi) is 5.84. The molecule has 1 rings (SSSR count). The fourth-order valence-corrected chi connectivity index (χ4v) is 1.81. The number of aromatic nitrogens is 3. The van der Waals surface area contributed by atoms with Crippen LogP contribution >= 0.6 is 11.8 Å². The highest BCUT2D eigenvalue weighted by molar-refractivity contribution is 7.99. The largest absolute Gasteiger partial charge is 0.310 e. The molecule has 0 aliphatic carbocycles. The lowest BCUT2D eigenvalue weighted by molar-refractivity contribution is 0.488. The molecule has 1 N–H and O–H groups in total. The van der Waals surface area contributed by atoms with Gasteiger partial charge in [-0.1, -0.05) is 6.92 Å². The number of hydrogen-bond acceptors (Lipinski definition) is 4. The van der Waals surface area contributed by atoms with Crippen molar-refractivity contribution < 1.29 is 0 Å². The quantitative estimate of drug-likeness (QED) is 0.744. The zero-order chi connectivity index (χ0) is 12.0. The van der Waals surface area contributed by atoms with Gasteiger partial charge in [-0.05, 0) is 33.1 Å². The number of nitrogens with one attached hydrogen (secondary N) is 1. The Labute approximate surface area is 102 Å². The van der Waals surface area contributed by atoms with Gasteiger partial charge in [0.1, 0.15) is 12.2 Å². The van der Waals surface area contributed by atoms with Crippen LogP contribution in [-0.2, 0) is 6.54 Å². The van der Waals surface area contributed by atoms with E-state index < -0.39 is 0 Å². The normalized spacial score (nSPS) is 13.3. The summed E-state index contributed by atoms with van der Waals surface area (Å²) in [5, 5.41) is 8.34. The Hall–Kier alpha value is -0.550. The maximum Gasteiger partial charge on any atom is 0.141 e. The first-order valence-corrected chi connectivity index (χ1v) is 7.05. The van der Waals surface area contributed by atoms with Gasteiger partial charge in [0.2, 0.25) is 0 Å². The minimum atomic E-state index is 0.379. The van der Waals surface area contributed by atoms with Gasteiger partial charge < -0.3 is 5.32 Å². The maximum absolute atomic E-state index is 4.26. The fourth-order valence-electron chi connectivity index (χ4n) is 1.46. The van der Waals surface area contributed by atoms with Crippen molar-refractivity contribution in [1.82, 2.24) is 20.1 Å². The molecule has 0 saturated heterocycles. The van der Waals surface area contributed by atoms with Gasteiger partial charge in [0.25, 0.3) is 0 Å². The van der Waals surface area contributed by atoms with E-state index >= 15 is 0 Å². The molecule has 0 saturated carbocycles. The minimum absolute atomic E-state index is 0.379. The topological polar surface area (TPSA) is 42.7 Å². The molecule has 0 fully saturated rings. The van der Waals surface area contributed by atoms with Crippen LogP contribution in [0.15, 0.2) is 6.33 Å². The molecule has 1 aromatic heterocycles. The Morgan fingerprint density at radius 3 is 2.81 bits per heavy atom. The van der Waals surface area contributed by atoms with Crippen LogP contribution in [0.3, 0.4) is 0 Å². The molecule has 0 radical (unpaired) electrons. The predicted molar refractivity (Wildman–Crippen MR) is 69.7 cm³/mol. The molecule has 0 amide bonds. The van der Waals surface area contributed by atoms with E-state index in [-0.39, 0.29) is 0 Å². The van der Waals surface area contributed by atoms with Crippen molar-refractivity contribution in [3.05, 3.63) is 12.2 Å². The summed E-state index contributed by atoms with van der Waals surface area (Å²) in [5.41, 5.74) is 0. The first-order valence-electron chi connectivity index (χ1n) is 5.77. The van der Waals surface area contributed by atoms with Crippen molar-refractivity contribution in [3.63, 3.8) is 0 Å². The minimum Gasteiger partial charge on any atom is -0.310 e. The first-order chi connectivity index (χ1) is 7.65. The molecule has 4 nitrogen and oxygen atoms in total. The molecule has 0 aliphatic heterocycles. The van der Waals surface area contributed by atoms with Crippen molar-refractivity contribution in [1.29, 1.82) is 0 Å². The highest BCUT2D eigenvalue weighted by atomic mass is 32.2. The summed E-state index contributed by atoms with van der Waals surface area (Å²) in [5.74, 6) is 1.02. The molecule has 1 heterocycles. The van der Waals surface area contributed by atoms with Crippen molar-refractivity contribution in [3.8, 4) is 0 Å². The smallest absolute Gasteiger partial charge is 0.141 e. The van der Waals surface area contributed by atoms with Gasteiger partial charge in [-0.2, -0.15) is 16.9 Å². The Morgan fingerprint density at radius 1 is 1.44 bits per heavy atom.